The molecule has 17 heavy (non-hydrogen) atoms. The second-order valence-electron chi connectivity index (χ2n) is 4.58. The van der Waals surface area contributed by atoms with Gasteiger partial charge in [-0.25, -0.2) is 0 Å². The van der Waals surface area contributed by atoms with Gasteiger partial charge in [-0.05, 0) is 18.8 Å². The van der Waals surface area contributed by atoms with Gasteiger partial charge in [0.25, 0.3) is 0 Å². The van der Waals surface area contributed by atoms with Gasteiger partial charge in [-0.15, -0.1) is 0 Å². The fourth-order valence-electron chi connectivity index (χ4n) is 1.81. The molecule has 7 heteroatoms. The predicted molar refractivity (Wildman–Crippen MR) is 66.0 cm³/mol. The molecule has 0 saturated carbocycles. The Kier molecular flexibility index (Phi) is 3.39. The van der Waals surface area contributed by atoms with Gasteiger partial charge in [-0.2, -0.15) is 17.8 Å². The Morgan fingerprint density at radius 3 is 2.59 bits per heavy atom. The Morgan fingerprint density at radius 2 is 2.06 bits per heavy atom. The highest BCUT2D eigenvalue weighted by atomic mass is 32.2. The second kappa shape index (κ2) is 4.66. The van der Waals surface area contributed by atoms with Crippen molar-refractivity contribution in [3.8, 4) is 0 Å². The van der Waals surface area contributed by atoms with Gasteiger partial charge in [0.1, 0.15) is 0 Å². The first kappa shape index (κ1) is 12.4. The molecule has 1 aliphatic rings. The van der Waals surface area contributed by atoms with Crippen LogP contribution in [0.2, 0.25) is 0 Å². The van der Waals surface area contributed by atoms with E-state index in [0.717, 1.165) is 18.5 Å². The molecule has 1 aliphatic heterocycles. The lowest BCUT2D eigenvalue weighted by atomic mass is 10.1. The third kappa shape index (κ3) is 2.78. The third-order valence-corrected chi connectivity index (χ3v) is 4.37. The van der Waals surface area contributed by atoms with E-state index >= 15 is 0 Å². The highest BCUT2D eigenvalue weighted by Gasteiger charge is 2.25. The van der Waals surface area contributed by atoms with E-state index in [2.05, 4.69) is 14.9 Å². The minimum atomic E-state index is -3.42. The average Bonchev–Trinajstić information content (AvgIpc) is 2.85. The lowest BCUT2D eigenvalue weighted by Gasteiger charge is -2.15. The van der Waals surface area contributed by atoms with Gasteiger partial charge in [-0.1, -0.05) is 13.8 Å². The summed E-state index contributed by atoms with van der Waals surface area (Å²) in [6.07, 6.45) is 1.86. The van der Waals surface area contributed by atoms with Crippen molar-refractivity contribution in [3.63, 3.8) is 0 Å². The lowest BCUT2D eigenvalue weighted by molar-refractivity contribution is 0.482. The number of aromatic nitrogens is 2. The summed E-state index contributed by atoms with van der Waals surface area (Å²) in [7, 11) is -3.42. The maximum Gasteiger partial charge on any atom is 0.302 e. The molecule has 6 nitrogen and oxygen atoms in total. The standard InChI is InChI=1S/C10H18N4O2S/c1-8(2)9-7-10(12-11-9)13-17(15,16)14-5-3-4-6-14/h7-8H,3-6H2,1-2H3,(H2,11,12,13). The molecular weight excluding hydrogens is 240 g/mol. The summed E-state index contributed by atoms with van der Waals surface area (Å²) in [5.41, 5.74) is 0.920. The van der Waals surface area contributed by atoms with Gasteiger partial charge in [0.15, 0.2) is 5.82 Å². The van der Waals surface area contributed by atoms with E-state index in [1.165, 1.54) is 4.31 Å². The third-order valence-electron chi connectivity index (χ3n) is 2.86. The van der Waals surface area contributed by atoms with Crippen molar-refractivity contribution in [3.05, 3.63) is 11.8 Å². The van der Waals surface area contributed by atoms with E-state index in [9.17, 15) is 8.42 Å². The minimum absolute atomic E-state index is 0.299. The van der Waals surface area contributed by atoms with E-state index < -0.39 is 10.2 Å². The molecule has 2 heterocycles. The number of anilines is 1. The quantitative estimate of drug-likeness (QED) is 0.854. The first-order valence-electron chi connectivity index (χ1n) is 5.82. The van der Waals surface area contributed by atoms with Crippen LogP contribution in [0.25, 0.3) is 0 Å². The van der Waals surface area contributed by atoms with Crippen LogP contribution in [0.15, 0.2) is 6.07 Å². The molecule has 1 aromatic rings. The molecule has 1 fully saturated rings. The number of hydrogen-bond donors (Lipinski definition) is 2. The van der Waals surface area contributed by atoms with Gasteiger partial charge in [-0.3, -0.25) is 9.82 Å². The normalized spacial score (nSPS) is 17.8. The molecule has 0 aliphatic carbocycles. The molecule has 1 saturated heterocycles. The van der Waals surface area contributed by atoms with Crippen LogP contribution >= 0.6 is 0 Å². The topological polar surface area (TPSA) is 78.1 Å². The summed E-state index contributed by atoms with van der Waals surface area (Å²) in [5.74, 6) is 0.660. The molecular formula is C10H18N4O2S. The highest BCUT2D eigenvalue weighted by molar-refractivity contribution is 7.90. The fraction of sp³-hybridized carbons (Fsp3) is 0.700. The lowest BCUT2D eigenvalue weighted by Crippen LogP contribution is -2.33. The zero-order valence-corrected chi connectivity index (χ0v) is 10.9. The van der Waals surface area contributed by atoms with Gasteiger partial charge < -0.3 is 0 Å². The van der Waals surface area contributed by atoms with Crippen LogP contribution < -0.4 is 4.72 Å². The second-order valence-corrected chi connectivity index (χ2v) is 6.25. The van der Waals surface area contributed by atoms with Crippen LogP contribution in [-0.4, -0.2) is 36.0 Å². The molecule has 0 radical (unpaired) electrons. The van der Waals surface area contributed by atoms with Crippen molar-refractivity contribution in [2.75, 3.05) is 17.8 Å². The number of nitrogens with zero attached hydrogens (tertiary/aromatic N) is 2. The number of H-pyrrole nitrogens is 1. The summed E-state index contributed by atoms with van der Waals surface area (Å²) >= 11 is 0. The Morgan fingerprint density at radius 1 is 1.41 bits per heavy atom. The summed E-state index contributed by atoms with van der Waals surface area (Å²) in [5, 5.41) is 6.77. The molecule has 96 valence electrons. The first-order chi connectivity index (χ1) is 7.99. The monoisotopic (exact) mass is 258 g/mol. The smallest absolute Gasteiger partial charge is 0.280 e. The van der Waals surface area contributed by atoms with Crippen LogP contribution in [0.3, 0.4) is 0 Å². The summed E-state index contributed by atoms with van der Waals surface area (Å²) in [4.78, 5) is 0. The SMILES string of the molecule is CC(C)c1cc(NS(=O)(=O)N2CCCC2)n[nH]1. The molecule has 1 aromatic heterocycles. The number of rotatable bonds is 4. The van der Waals surface area contributed by atoms with Crippen LogP contribution in [0, 0.1) is 0 Å². The van der Waals surface area contributed by atoms with E-state index in [0.29, 0.717) is 24.8 Å². The Hall–Kier alpha value is -1.08. The van der Waals surface area contributed by atoms with Crippen molar-refractivity contribution in [2.24, 2.45) is 0 Å². The maximum absolute atomic E-state index is 11.9. The molecule has 0 amide bonds. The van der Waals surface area contributed by atoms with Crippen molar-refractivity contribution >= 4 is 16.0 Å². The summed E-state index contributed by atoms with van der Waals surface area (Å²) < 4.78 is 27.8. The highest BCUT2D eigenvalue weighted by Crippen LogP contribution is 2.18. The molecule has 0 bridgehead atoms. The summed E-state index contributed by atoms with van der Waals surface area (Å²) in [6, 6.07) is 1.73. The molecule has 2 rings (SSSR count). The van der Waals surface area contributed by atoms with Gasteiger partial charge in [0, 0.05) is 24.8 Å². The largest absolute Gasteiger partial charge is 0.302 e. The Bertz CT molecular complexity index is 474. The molecule has 0 atom stereocenters. The zero-order valence-electron chi connectivity index (χ0n) is 10.1. The molecule has 0 aromatic carbocycles. The van der Waals surface area contributed by atoms with Crippen LogP contribution in [0.5, 0.6) is 0 Å². The predicted octanol–water partition coefficient (Wildman–Crippen LogP) is 1.29. The molecule has 0 unspecified atom stereocenters. The van der Waals surface area contributed by atoms with Crippen molar-refractivity contribution in [1.82, 2.24) is 14.5 Å². The zero-order chi connectivity index (χ0) is 12.5. The van der Waals surface area contributed by atoms with E-state index in [1.54, 1.807) is 6.07 Å². The number of nitrogens with one attached hydrogen (secondary N) is 2. The minimum Gasteiger partial charge on any atom is -0.280 e. The Labute approximate surface area is 102 Å². The maximum atomic E-state index is 11.9. The number of aromatic amines is 1. The van der Waals surface area contributed by atoms with E-state index in [1.807, 2.05) is 13.8 Å². The van der Waals surface area contributed by atoms with E-state index in [-0.39, 0.29) is 0 Å². The van der Waals surface area contributed by atoms with Gasteiger partial charge in [0.05, 0.1) is 0 Å². The van der Waals surface area contributed by atoms with Crippen LogP contribution in [-0.2, 0) is 10.2 Å². The Balaban J connectivity index is 2.08. The van der Waals surface area contributed by atoms with Gasteiger partial charge >= 0.3 is 10.2 Å². The number of hydrogen-bond acceptors (Lipinski definition) is 3. The van der Waals surface area contributed by atoms with Crippen LogP contribution in [0.4, 0.5) is 5.82 Å². The van der Waals surface area contributed by atoms with Crippen molar-refractivity contribution < 1.29 is 8.42 Å². The van der Waals surface area contributed by atoms with Crippen LogP contribution in [0.1, 0.15) is 38.3 Å². The molecule has 2 N–H and O–H groups in total. The van der Waals surface area contributed by atoms with E-state index in [4.69, 9.17) is 0 Å². The van der Waals surface area contributed by atoms with Crippen molar-refractivity contribution in [1.29, 1.82) is 0 Å². The average molecular weight is 258 g/mol. The summed E-state index contributed by atoms with van der Waals surface area (Å²) in [6.45, 7) is 5.23. The fourth-order valence-corrected chi connectivity index (χ4v) is 3.05. The van der Waals surface area contributed by atoms with Crippen molar-refractivity contribution in [2.45, 2.75) is 32.6 Å². The molecule has 0 spiro atoms. The first-order valence-corrected chi connectivity index (χ1v) is 7.26. The van der Waals surface area contributed by atoms with Gasteiger partial charge in [0.2, 0.25) is 0 Å².